The molecule has 1 aromatic rings. The maximum Gasteiger partial charge on any atom is 0.420 e. The first-order chi connectivity index (χ1) is 10.3. The molecule has 8 heteroatoms. The minimum atomic E-state index is -4.71. The summed E-state index contributed by atoms with van der Waals surface area (Å²) < 4.78 is 46.4. The highest BCUT2D eigenvalue weighted by atomic mass is 19.4. The van der Waals surface area contributed by atoms with E-state index in [9.17, 15) is 23.1 Å². The number of alkyl halides is 3. The zero-order chi connectivity index (χ0) is 16.1. The van der Waals surface area contributed by atoms with Crippen LogP contribution in [0.3, 0.4) is 0 Å². The minimum Gasteiger partial charge on any atom is -0.477 e. The van der Waals surface area contributed by atoms with Gasteiger partial charge < -0.3 is 9.84 Å². The zero-order valence-electron chi connectivity index (χ0n) is 12.1. The highest BCUT2D eigenvalue weighted by Gasteiger charge is 2.46. The second-order valence-corrected chi connectivity index (χ2v) is 6.01. The van der Waals surface area contributed by atoms with Crippen LogP contribution in [0.5, 0.6) is 0 Å². The molecule has 22 heavy (non-hydrogen) atoms. The number of carbonyl (C=O) groups is 1. The van der Waals surface area contributed by atoms with Crippen LogP contribution in [-0.2, 0) is 17.5 Å². The summed E-state index contributed by atoms with van der Waals surface area (Å²) >= 11 is 0. The van der Waals surface area contributed by atoms with Gasteiger partial charge in [0, 0.05) is 5.92 Å². The Morgan fingerprint density at radius 1 is 1.36 bits per heavy atom. The van der Waals surface area contributed by atoms with Crippen LogP contribution < -0.4 is 0 Å². The van der Waals surface area contributed by atoms with E-state index in [-0.39, 0.29) is 30.4 Å². The molecule has 1 saturated heterocycles. The van der Waals surface area contributed by atoms with E-state index in [0.717, 1.165) is 11.1 Å². The van der Waals surface area contributed by atoms with E-state index in [1.165, 1.54) is 0 Å². The average molecular weight is 318 g/mol. The van der Waals surface area contributed by atoms with E-state index in [1.54, 1.807) is 0 Å². The fourth-order valence-electron chi connectivity index (χ4n) is 2.96. The lowest BCUT2D eigenvalue weighted by molar-refractivity contribution is -0.138. The van der Waals surface area contributed by atoms with E-state index in [1.807, 2.05) is 6.92 Å². The number of carboxylic acid groups (broad SMARTS) is 1. The van der Waals surface area contributed by atoms with Gasteiger partial charge in [0.1, 0.15) is 5.56 Å². The third-order valence-corrected chi connectivity index (χ3v) is 4.13. The molecule has 5 nitrogen and oxygen atoms in total. The summed E-state index contributed by atoms with van der Waals surface area (Å²) in [6.07, 6.45) is -2.21. The first kappa shape index (κ1) is 15.3. The number of halogens is 3. The number of hydrogen-bond acceptors (Lipinski definition) is 3. The number of ether oxygens (including phenoxy) is 1. The van der Waals surface area contributed by atoms with Gasteiger partial charge in [0.15, 0.2) is 5.69 Å². The molecule has 122 valence electrons. The zero-order valence-corrected chi connectivity index (χ0v) is 12.1. The van der Waals surface area contributed by atoms with Gasteiger partial charge in [-0.25, -0.2) is 4.79 Å². The molecular weight excluding hydrogens is 301 g/mol. The predicted octanol–water partition coefficient (Wildman–Crippen LogP) is 3.05. The summed E-state index contributed by atoms with van der Waals surface area (Å²) in [6, 6.07) is 0. The van der Waals surface area contributed by atoms with Crippen molar-refractivity contribution in [1.82, 2.24) is 9.78 Å². The fourth-order valence-corrected chi connectivity index (χ4v) is 2.96. The third kappa shape index (κ3) is 2.84. The molecule has 0 radical (unpaired) electrons. The van der Waals surface area contributed by atoms with Gasteiger partial charge in [-0.2, -0.15) is 18.3 Å². The molecule has 2 heterocycles. The molecule has 1 aliphatic carbocycles. The van der Waals surface area contributed by atoms with Crippen molar-refractivity contribution >= 4 is 5.97 Å². The average Bonchev–Trinajstić information content (AvgIpc) is 3.05. The van der Waals surface area contributed by atoms with Crippen LogP contribution in [0.2, 0.25) is 0 Å². The number of aromatic carboxylic acids is 1. The summed E-state index contributed by atoms with van der Waals surface area (Å²) in [5, 5.41) is 13.2. The number of nitrogens with zero attached hydrogens (tertiary/aromatic N) is 2. The van der Waals surface area contributed by atoms with Crippen molar-refractivity contribution in [2.75, 3.05) is 0 Å². The van der Waals surface area contributed by atoms with Crippen LogP contribution in [0.1, 0.15) is 60.3 Å². The highest BCUT2D eigenvalue weighted by molar-refractivity contribution is 5.88. The van der Waals surface area contributed by atoms with Crippen LogP contribution in [0.25, 0.3) is 0 Å². The van der Waals surface area contributed by atoms with Gasteiger partial charge in [0.05, 0.1) is 24.4 Å². The van der Waals surface area contributed by atoms with Crippen molar-refractivity contribution in [3.8, 4) is 0 Å². The fraction of sp³-hybridized carbons (Fsp3) is 0.714. The Morgan fingerprint density at radius 2 is 2.05 bits per heavy atom. The summed E-state index contributed by atoms with van der Waals surface area (Å²) in [4.78, 5) is 11.4. The maximum atomic E-state index is 13.3. The topological polar surface area (TPSA) is 64.4 Å². The second-order valence-electron chi connectivity index (χ2n) is 6.01. The molecule has 0 spiro atoms. The standard InChI is InChI=1S/C14H17F3N2O3/c1-7-2-5-9(22-7)6-19-12(13(20)21)10(14(15,16)17)11(18-19)8-3-4-8/h7-9H,2-6H2,1H3,(H,20,21). The Bertz CT molecular complexity index is 593. The summed E-state index contributed by atoms with van der Waals surface area (Å²) in [5.74, 6) is -1.88. The van der Waals surface area contributed by atoms with Crippen molar-refractivity contribution in [1.29, 1.82) is 0 Å². The van der Waals surface area contributed by atoms with Gasteiger partial charge in [-0.3, -0.25) is 4.68 Å². The minimum absolute atomic E-state index is 0.0406. The molecule has 0 aromatic carbocycles. The van der Waals surface area contributed by atoms with Crippen LogP contribution in [0, 0.1) is 0 Å². The van der Waals surface area contributed by atoms with E-state index >= 15 is 0 Å². The molecule has 2 fully saturated rings. The number of aromatic nitrogens is 2. The van der Waals surface area contributed by atoms with Gasteiger partial charge in [0.2, 0.25) is 0 Å². The van der Waals surface area contributed by atoms with Crippen LogP contribution in [0.15, 0.2) is 0 Å². The van der Waals surface area contributed by atoms with E-state index in [0.29, 0.717) is 19.3 Å². The van der Waals surface area contributed by atoms with Gasteiger partial charge in [0.25, 0.3) is 0 Å². The third-order valence-electron chi connectivity index (χ3n) is 4.13. The number of rotatable bonds is 4. The SMILES string of the molecule is CC1CCC(Cn2nc(C3CC3)c(C(F)(F)F)c2C(=O)O)O1. The smallest absolute Gasteiger partial charge is 0.420 e. The number of carboxylic acids is 1. The quantitative estimate of drug-likeness (QED) is 0.927. The second kappa shape index (κ2) is 5.26. The number of hydrogen-bond donors (Lipinski definition) is 1. The molecular formula is C14H17F3N2O3. The van der Waals surface area contributed by atoms with Crippen molar-refractivity contribution in [2.24, 2.45) is 0 Å². The van der Waals surface area contributed by atoms with Crippen molar-refractivity contribution in [3.63, 3.8) is 0 Å². The van der Waals surface area contributed by atoms with E-state index in [2.05, 4.69) is 5.10 Å². The van der Waals surface area contributed by atoms with Crippen molar-refractivity contribution in [2.45, 2.75) is 63.5 Å². The van der Waals surface area contributed by atoms with Crippen LogP contribution in [0.4, 0.5) is 13.2 Å². The predicted molar refractivity (Wildman–Crippen MR) is 69.7 cm³/mol. The lowest BCUT2D eigenvalue weighted by atomic mass is 10.1. The normalized spacial score (nSPS) is 25.6. The maximum absolute atomic E-state index is 13.3. The monoisotopic (exact) mass is 318 g/mol. The molecule has 1 N–H and O–H groups in total. The Kier molecular flexibility index (Phi) is 3.66. The van der Waals surface area contributed by atoms with Gasteiger partial charge >= 0.3 is 12.1 Å². The Morgan fingerprint density at radius 3 is 2.50 bits per heavy atom. The first-order valence-electron chi connectivity index (χ1n) is 7.34. The summed E-state index contributed by atoms with van der Waals surface area (Å²) in [5.41, 5.74) is -1.98. The Balaban J connectivity index is 2.00. The van der Waals surface area contributed by atoms with Crippen molar-refractivity contribution < 1.29 is 27.8 Å². The molecule has 0 bridgehead atoms. The molecule has 1 saturated carbocycles. The van der Waals surface area contributed by atoms with Gasteiger partial charge in [-0.1, -0.05) is 0 Å². The molecule has 2 unspecified atom stereocenters. The van der Waals surface area contributed by atoms with Crippen molar-refractivity contribution in [3.05, 3.63) is 17.0 Å². The van der Waals surface area contributed by atoms with Gasteiger partial charge in [-0.05, 0) is 32.6 Å². The lowest BCUT2D eigenvalue weighted by Gasteiger charge is -2.13. The first-order valence-corrected chi connectivity index (χ1v) is 7.34. The molecule has 0 amide bonds. The molecule has 1 aliphatic heterocycles. The largest absolute Gasteiger partial charge is 0.477 e. The molecule has 2 atom stereocenters. The van der Waals surface area contributed by atoms with Crippen LogP contribution >= 0.6 is 0 Å². The molecule has 3 rings (SSSR count). The summed E-state index contributed by atoms with van der Waals surface area (Å²) in [7, 11) is 0. The van der Waals surface area contributed by atoms with E-state index in [4.69, 9.17) is 4.74 Å². The molecule has 1 aromatic heterocycles. The van der Waals surface area contributed by atoms with E-state index < -0.39 is 23.4 Å². The summed E-state index contributed by atoms with van der Waals surface area (Å²) in [6.45, 7) is 1.93. The van der Waals surface area contributed by atoms with Crippen LogP contribution in [-0.4, -0.2) is 33.1 Å². The van der Waals surface area contributed by atoms with Gasteiger partial charge in [-0.15, -0.1) is 0 Å². The molecule has 2 aliphatic rings. The lowest BCUT2D eigenvalue weighted by Crippen LogP contribution is -2.22. The highest BCUT2D eigenvalue weighted by Crippen LogP contribution is 2.46. The Hall–Kier alpha value is -1.57. The Labute approximate surface area is 125 Å².